The summed E-state index contributed by atoms with van der Waals surface area (Å²) < 4.78 is 11.5. The van der Waals surface area contributed by atoms with E-state index in [1.54, 1.807) is 0 Å². The van der Waals surface area contributed by atoms with E-state index in [4.69, 9.17) is 14.7 Å². The molecule has 0 bridgehead atoms. The van der Waals surface area contributed by atoms with E-state index >= 15 is 0 Å². The zero-order chi connectivity index (χ0) is 15.4. The van der Waals surface area contributed by atoms with Gasteiger partial charge in [0.15, 0.2) is 5.79 Å². The molecule has 0 aromatic heterocycles. The van der Waals surface area contributed by atoms with Crippen molar-refractivity contribution in [3.63, 3.8) is 0 Å². The van der Waals surface area contributed by atoms with Crippen molar-refractivity contribution in [1.29, 1.82) is 5.26 Å². The van der Waals surface area contributed by atoms with Gasteiger partial charge in [-0.1, -0.05) is 12.1 Å². The molecule has 5 nitrogen and oxygen atoms in total. The molecule has 22 heavy (non-hydrogen) atoms. The van der Waals surface area contributed by atoms with E-state index in [2.05, 4.69) is 17.4 Å². The average Bonchev–Trinajstić information content (AvgIpc) is 2.97. The second-order valence-electron chi connectivity index (χ2n) is 5.89. The standard InChI is InChI=1S/C17H20N2O3/c18-10-7-16(20)19-15-3-1-13(2-4-15)14-5-8-17(9-6-14)21-11-12-22-17/h1-4,14H,5-9,11-12H2,(H,19,20). The van der Waals surface area contributed by atoms with Crippen LogP contribution in [0.1, 0.15) is 43.6 Å². The van der Waals surface area contributed by atoms with Gasteiger partial charge in [0.05, 0.1) is 19.3 Å². The maximum atomic E-state index is 11.4. The summed E-state index contributed by atoms with van der Waals surface area (Å²) in [6, 6.07) is 9.75. The number of carbonyl (C=O) groups excluding carboxylic acids is 1. The first-order chi connectivity index (χ1) is 10.7. The van der Waals surface area contributed by atoms with Crippen LogP contribution < -0.4 is 5.32 Å². The second kappa shape index (κ2) is 6.47. The molecule has 2 aliphatic rings. The number of carbonyl (C=O) groups is 1. The molecular formula is C17H20N2O3. The van der Waals surface area contributed by atoms with Crippen molar-refractivity contribution in [2.24, 2.45) is 0 Å². The lowest BCUT2D eigenvalue weighted by Gasteiger charge is -2.35. The van der Waals surface area contributed by atoms with Crippen molar-refractivity contribution in [2.45, 2.75) is 43.8 Å². The molecule has 1 N–H and O–H groups in total. The number of hydrogen-bond donors (Lipinski definition) is 1. The number of nitrogens with one attached hydrogen (secondary N) is 1. The summed E-state index contributed by atoms with van der Waals surface area (Å²) in [6.45, 7) is 1.42. The molecular weight excluding hydrogens is 280 g/mol. The predicted molar refractivity (Wildman–Crippen MR) is 81.1 cm³/mol. The molecule has 1 amide bonds. The van der Waals surface area contributed by atoms with E-state index in [1.807, 2.05) is 18.2 Å². The van der Waals surface area contributed by atoms with Crippen LogP contribution in [-0.4, -0.2) is 24.9 Å². The molecule has 0 unspecified atom stereocenters. The molecule has 0 radical (unpaired) electrons. The van der Waals surface area contributed by atoms with Gasteiger partial charge < -0.3 is 14.8 Å². The van der Waals surface area contributed by atoms with Crippen molar-refractivity contribution >= 4 is 11.6 Å². The van der Waals surface area contributed by atoms with Gasteiger partial charge >= 0.3 is 0 Å². The lowest BCUT2D eigenvalue weighted by Crippen LogP contribution is -2.34. The molecule has 1 spiro atoms. The Hall–Kier alpha value is -1.90. The number of rotatable bonds is 3. The van der Waals surface area contributed by atoms with Crippen molar-refractivity contribution in [3.8, 4) is 6.07 Å². The van der Waals surface area contributed by atoms with E-state index in [1.165, 1.54) is 5.56 Å². The van der Waals surface area contributed by atoms with Crippen LogP contribution in [0.15, 0.2) is 24.3 Å². The topological polar surface area (TPSA) is 71.4 Å². The number of ether oxygens (including phenoxy) is 2. The largest absolute Gasteiger partial charge is 0.348 e. The Morgan fingerprint density at radius 1 is 1.23 bits per heavy atom. The van der Waals surface area contributed by atoms with E-state index in [-0.39, 0.29) is 18.1 Å². The Labute approximate surface area is 130 Å². The molecule has 1 heterocycles. The highest BCUT2D eigenvalue weighted by Gasteiger charge is 2.40. The lowest BCUT2D eigenvalue weighted by atomic mass is 9.81. The lowest BCUT2D eigenvalue weighted by molar-refractivity contribution is -0.178. The van der Waals surface area contributed by atoms with Crippen LogP contribution >= 0.6 is 0 Å². The summed E-state index contributed by atoms with van der Waals surface area (Å²) in [5, 5.41) is 11.2. The highest BCUT2D eigenvalue weighted by molar-refractivity contribution is 5.91. The van der Waals surface area contributed by atoms with Crippen LogP contribution in [0.5, 0.6) is 0 Å². The van der Waals surface area contributed by atoms with Crippen molar-refractivity contribution in [3.05, 3.63) is 29.8 Å². The summed E-state index contributed by atoms with van der Waals surface area (Å²) in [5.74, 6) is -0.0745. The zero-order valence-electron chi connectivity index (χ0n) is 12.5. The van der Waals surface area contributed by atoms with Crippen LogP contribution in [0, 0.1) is 11.3 Å². The van der Waals surface area contributed by atoms with Gasteiger partial charge in [-0.25, -0.2) is 0 Å². The fraction of sp³-hybridized carbons (Fsp3) is 0.529. The van der Waals surface area contributed by atoms with Gasteiger partial charge in [-0.3, -0.25) is 4.79 Å². The number of benzene rings is 1. The number of amides is 1. The van der Waals surface area contributed by atoms with Crippen molar-refractivity contribution < 1.29 is 14.3 Å². The van der Waals surface area contributed by atoms with Gasteiger partial charge in [0.1, 0.15) is 6.42 Å². The van der Waals surface area contributed by atoms with Gasteiger partial charge in [-0.2, -0.15) is 5.26 Å². The summed E-state index contributed by atoms with van der Waals surface area (Å²) in [6.07, 6.45) is 3.88. The van der Waals surface area contributed by atoms with Crippen LogP contribution in [0.2, 0.25) is 0 Å². The molecule has 1 aliphatic carbocycles. The Morgan fingerprint density at radius 3 is 2.45 bits per heavy atom. The van der Waals surface area contributed by atoms with E-state index in [0.29, 0.717) is 19.1 Å². The number of hydrogen-bond acceptors (Lipinski definition) is 4. The average molecular weight is 300 g/mol. The molecule has 116 valence electrons. The molecule has 3 rings (SSSR count). The van der Waals surface area contributed by atoms with Crippen LogP contribution in [-0.2, 0) is 14.3 Å². The maximum Gasteiger partial charge on any atom is 0.238 e. The third kappa shape index (κ3) is 3.29. The number of nitriles is 1. The summed E-state index contributed by atoms with van der Waals surface area (Å²) in [5.41, 5.74) is 2.02. The van der Waals surface area contributed by atoms with E-state index < -0.39 is 0 Å². The van der Waals surface area contributed by atoms with E-state index in [9.17, 15) is 4.79 Å². The third-order valence-corrected chi connectivity index (χ3v) is 4.47. The number of anilines is 1. The molecule has 5 heteroatoms. The van der Waals surface area contributed by atoms with Gasteiger partial charge in [-0.05, 0) is 36.5 Å². The quantitative estimate of drug-likeness (QED) is 0.931. The van der Waals surface area contributed by atoms with Crippen LogP contribution in [0.4, 0.5) is 5.69 Å². The SMILES string of the molecule is N#CCC(=O)Nc1ccc(C2CCC3(CC2)OCCO3)cc1. The molecule has 1 saturated heterocycles. The van der Waals surface area contributed by atoms with Gasteiger partial charge in [0.2, 0.25) is 5.91 Å². The Bertz CT molecular complexity index is 561. The fourth-order valence-corrected chi connectivity index (χ4v) is 3.29. The first kappa shape index (κ1) is 15.0. The first-order valence-corrected chi connectivity index (χ1v) is 7.75. The van der Waals surface area contributed by atoms with Crippen molar-refractivity contribution in [2.75, 3.05) is 18.5 Å². The zero-order valence-corrected chi connectivity index (χ0v) is 12.5. The minimum Gasteiger partial charge on any atom is -0.348 e. The second-order valence-corrected chi connectivity index (χ2v) is 5.89. The molecule has 1 aliphatic heterocycles. The van der Waals surface area contributed by atoms with Crippen molar-refractivity contribution in [1.82, 2.24) is 0 Å². The minimum absolute atomic E-state index is 0.119. The smallest absolute Gasteiger partial charge is 0.238 e. The molecule has 1 saturated carbocycles. The van der Waals surface area contributed by atoms with E-state index in [0.717, 1.165) is 31.4 Å². The maximum absolute atomic E-state index is 11.4. The minimum atomic E-state index is -0.318. The van der Waals surface area contributed by atoms with Crippen LogP contribution in [0.3, 0.4) is 0 Å². The first-order valence-electron chi connectivity index (χ1n) is 7.75. The third-order valence-electron chi connectivity index (χ3n) is 4.47. The Morgan fingerprint density at radius 2 is 1.86 bits per heavy atom. The molecule has 2 fully saturated rings. The Kier molecular flexibility index (Phi) is 4.41. The highest BCUT2D eigenvalue weighted by Crippen LogP contribution is 2.42. The fourth-order valence-electron chi connectivity index (χ4n) is 3.29. The molecule has 1 aromatic carbocycles. The summed E-state index contributed by atoms with van der Waals surface area (Å²) in [4.78, 5) is 11.4. The Balaban J connectivity index is 1.57. The normalized spacial score (nSPS) is 20.7. The number of nitrogens with zero attached hydrogens (tertiary/aromatic N) is 1. The summed E-state index contributed by atoms with van der Waals surface area (Å²) in [7, 11) is 0. The molecule has 0 atom stereocenters. The summed E-state index contributed by atoms with van der Waals surface area (Å²) >= 11 is 0. The monoisotopic (exact) mass is 300 g/mol. The predicted octanol–water partition coefficient (Wildman–Crippen LogP) is 2.94. The molecule has 1 aromatic rings. The van der Waals surface area contributed by atoms with Crippen LogP contribution in [0.25, 0.3) is 0 Å². The van der Waals surface area contributed by atoms with Gasteiger partial charge in [0, 0.05) is 18.5 Å². The highest BCUT2D eigenvalue weighted by atomic mass is 16.7. The van der Waals surface area contributed by atoms with Gasteiger partial charge in [-0.15, -0.1) is 0 Å². The van der Waals surface area contributed by atoms with Gasteiger partial charge in [0.25, 0.3) is 0 Å².